The molecule has 2 bridgehead atoms. The van der Waals surface area contributed by atoms with Crippen molar-refractivity contribution >= 4 is 16.9 Å². The summed E-state index contributed by atoms with van der Waals surface area (Å²) in [5.41, 5.74) is 0.858. The van der Waals surface area contributed by atoms with Crippen LogP contribution in [-0.4, -0.2) is 38.0 Å². The van der Waals surface area contributed by atoms with Crippen molar-refractivity contribution in [3.63, 3.8) is 0 Å². The fraction of sp³-hybridized carbons (Fsp3) is 0.583. The van der Waals surface area contributed by atoms with E-state index in [9.17, 15) is 0 Å². The molecule has 3 atom stereocenters. The van der Waals surface area contributed by atoms with Gasteiger partial charge in [0.25, 0.3) is 0 Å². The average Bonchev–Trinajstić information content (AvgIpc) is 3.06. The lowest BCUT2D eigenvalue weighted by molar-refractivity contribution is 0.102. The maximum Gasteiger partial charge on any atom is 0.163 e. The molecule has 2 aromatic heterocycles. The molecule has 2 saturated heterocycles. The molecule has 2 aromatic rings. The minimum atomic E-state index is 0.344. The van der Waals surface area contributed by atoms with E-state index in [1.54, 1.807) is 11.0 Å². The largest absolute Gasteiger partial charge is 0.373 e. The fourth-order valence-electron chi connectivity index (χ4n) is 3.04. The van der Waals surface area contributed by atoms with Gasteiger partial charge in [0, 0.05) is 7.05 Å². The first-order valence-corrected chi connectivity index (χ1v) is 6.36. The Labute approximate surface area is 104 Å². The van der Waals surface area contributed by atoms with Crippen molar-refractivity contribution in [3.8, 4) is 0 Å². The first kappa shape index (κ1) is 10.3. The third-order valence-corrected chi connectivity index (χ3v) is 3.96. The number of nitrogens with one attached hydrogen (secondary N) is 1. The molecule has 6 heteroatoms. The molecule has 18 heavy (non-hydrogen) atoms. The second-order valence-electron chi connectivity index (χ2n) is 5.09. The Morgan fingerprint density at radius 2 is 2.33 bits per heavy atom. The summed E-state index contributed by atoms with van der Waals surface area (Å²) >= 11 is 0. The quantitative estimate of drug-likeness (QED) is 0.858. The van der Waals surface area contributed by atoms with Gasteiger partial charge in [-0.1, -0.05) is 0 Å². The van der Waals surface area contributed by atoms with E-state index in [0.717, 1.165) is 29.7 Å². The number of aryl methyl sites for hydroxylation is 1. The second-order valence-corrected chi connectivity index (χ2v) is 5.09. The van der Waals surface area contributed by atoms with Gasteiger partial charge in [-0.2, -0.15) is 5.10 Å². The van der Waals surface area contributed by atoms with Crippen LogP contribution in [0.2, 0.25) is 0 Å². The molecule has 0 aromatic carbocycles. The van der Waals surface area contributed by atoms with Crippen molar-refractivity contribution in [1.29, 1.82) is 0 Å². The van der Waals surface area contributed by atoms with Crippen LogP contribution in [0.15, 0.2) is 12.5 Å². The van der Waals surface area contributed by atoms with E-state index in [0.29, 0.717) is 18.2 Å². The lowest BCUT2D eigenvalue weighted by Crippen LogP contribution is -2.30. The molecule has 4 rings (SSSR count). The SMILES string of the molecule is Cn1ncc2c(NC3CC4CCC3O4)ncnc21. The number of aromatic nitrogens is 4. The van der Waals surface area contributed by atoms with Crippen LogP contribution >= 0.6 is 0 Å². The number of fused-ring (bicyclic) bond motifs is 3. The summed E-state index contributed by atoms with van der Waals surface area (Å²) in [5.74, 6) is 0.870. The molecule has 0 radical (unpaired) electrons. The number of anilines is 1. The number of ether oxygens (including phenoxy) is 1. The summed E-state index contributed by atoms with van der Waals surface area (Å²) in [6.07, 6.45) is 7.62. The first-order valence-electron chi connectivity index (χ1n) is 6.36. The highest BCUT2D eigenvalue weighted by Gasteiger charge is 2.41. The molecule has 0 saturated carbocycles. The summed E-state index contributed by atoms with van der Waals surface area (Å²) in [7, 11) is 1.89. The Balaban J connectivity index is 1.67. The van der Waals surface area contributed by atoms with Crippen molar-refractivity contribution in [3.05, 3.63) is 12.5 Å². The Bertz CT molecular complexity index is 595. The van der Waals surface area contributed by atoms with E-state index in [1.165, 1.54) is 6.42 Å². The molecule has 0 aliphatic carbocycles. The third-order valence-electron chi connectivity index (χ3n) is 3.96. The molecule has 2 aliphatic rings. The van der Waals surface area contributed by atoms with Crippen LogP contribution in [0.3, 0.4) is 0 Å². The Kier molecular flexibility index (Phi) is 2.08. The topological polar surface area (TPSA) is 64.9 Å². The van der Waals surface area contributed by atoms with Crippen LogP contribution in [0.4, 0.5) is 5.82 Å². The molecule has 1 N–H and O–H groups in total. The molecule has 94 valence electrons. The third kappa shape index (κ3) is 1.42. The van der Waals surface area contributed by atoms with Gasteiger partial charge in [0.05, 0.1) is 29.8 Å². The smallest absolute Gasteiger partial charge is 0.163 e. The van der Waals surface area contributed by atoms with Gasteiger partial charge in [0.2, 0.25) is 0 Å². The van der Waals surface area contributed by atoms with Crippen LogP contribution in [0.5, 0.6) is 0 Å². The number of nitrogens with zero attached hydrogens (tertiary/aromatic N) is 4. The van der Waals surface area contributed by atoms with E-state index in [4.69, 9.17) is 4.74 Å². The summed E-state index contributed by atoms with van der Waals surface area (Å²) < 4.78 is 7.61. The number of hydrogen-bond donors (Lipinski definition) is 1. The fourth-order valence-corrected chi connectivity index (χ4v) is 3.04. The maximum absolute atomic E-state index is 5.85. The van der Waals surface area contributed by atoms with Gasteiger partial charge in [-0.25, -0.2) is 9.97 Å². The Morgan fingerprint density at radius 3 is 3.11 bits per heavy atom. The van der Waals surface area contributed by atoms with Gasteiger partial charge in [-0.3, -0.25) is 4.68 Å². The highest BCUT2D eigenvalue weighted by Crippen LogP contribution is 2.36. The molecule has 0 spiro atoms. The van der Waals surface area contributed by atoms with Crippen molar-refractivity contribution in [2.75, 3.05) is 5.32 Å². The van der Waals surface area contributed by atoms with Crippen LogP contribution in [0.25, 0.3) is 11.0 Å². The highest BCUT2D eigenvalue weighted by molar-refractivity contribution is 5.86. The van der Waals surface area contributed by atoms with Gasteiger partial charge >= 0.3 is 0 Å². The lowest BCUT2D eigenvalue weighted by atomic mass is 9.95. The molecule has 0 amide bonds. The van der Waals surface area contributed by atoms with Gasteiger partial charge in [-0.05, 0) is 19.3 Å². The van der Waals surface area contributed by atoms with Crippen LogP contribution in [0.1, 0.15) is 19.3 Å². The van der Waals surface area contributed by atoms with E-state index in [1.807, 2.05) is 13.2 Å². The molecular formula is C12H15N5O. The molecule has 2 fully saturated rings. The first-order chi connectivity index (χ1) is 8.81. The highest BCUT2D eigenvalue weighted by atomic mass is 16.5. The maximum atomic E-state index is 5.85. The van der Waals surface area contributed by atoms with E-state index >= 15 is 0 Å². The molecule has 2 aliphatic heterocycles. The second kappa shape index (κ2) is 3.65. The number of hydrogen-bond acceptors (Lipinski definition) is 5. The zero-order valence-corrected chi connectivity index (χ0v) is 10.2. The standard InChI is InChI=1S/C12H15N5O/c1-17-12-8(5-15-17)11(13-6-14-12)16-9-4-7-2-3-10(9)18-7/h5-7,9-10H,2-4H2,1H3,(H,13,14,16). The number of rotatable bonds is 2. The van der Waals surface area contributed by atoms with Crippen molar-refractivity contribution in [2.24, 2.45) is 7.05 Å². The van der Waals surface area contributed by atoms with Crippen molar-refractivity contribution in [2.45, 2.75) is 37.5 Å². The van der Waals surface area contributed by atoms with Gasteiger partial charge in [0.1, 0.15) is 12.1 Å². The van der Waals surface area contributed by atoms with Crippen molar-refractivity contribution < 1.29 is 4.74 Å². The Morgan fingerprint density at radius 1 is 1.39 bits per heavy atom. The van der Waals surface area contributed by atoms with Crippen LogP contribution in [0, 0.1) is 0 Å². The molecule has 4 heterocycles. The summed E-state index contributed by atoms with van der Waals surface area (Å²) in [5, 5.41) is 8.70. The monoisotopic (exact) mass is 245 g/mol. The summed E-state index contributed by atoms with van der Waals surface area (Å²) in [4.78, 5) is 8.58. The zero-order chi connectivity index (χ0) is 12.1. The molecular weight excluding hydrogens is 230 g/mol. The molecule has 6 nitrogen and oxygen atoms in total. The minimum Gasteiger partial charge on any atom is -0.373 e. The van der Waals surface area contributed by atoms with E-state index < -0.39 is 0 Å². The van der Waals surface area contributed by atoms with Gasteiger partial charge in [-0.15, -0.1) is 0 Å². The van der Waals surface area contributed by atoms with Crippen molar-refractivity contribution in [1.82, 2.24) is 19.7 Å². The summed E-state index contributed by atoms with van der Waals surface area (Å²) in [6.45, 7) is 0. The van der Waals surface area contributed by atoms with Crippen LogP contribution < -0.4 is 5.32 Å². The average molecular weight is 245 g/mol. The molecule has 3 unspecified atom stereocenters. The zero-order valence-electron chi connectivity index (χ0n) is 10.2. The predicted molar refractivity (Wildman–Crippen MR) is 66.2 cm³/mol. The minimum absolute atomic E-state index is 0.344. The predicted octanol–water partition coefficient (Wildman–Crippen LogP) is 1.10. The Hall–Kier alpha value is -1.69. The summed E-state index contributed by atoms with van der Waals surface area (Å²) in [6, 6.07) is 0.377. The lowest BCUT2D eigenvalue weighted by Gasteiger charge is -2.20. The van der Waals surface area contributed by atoms with E-state index in [-0.39, 0.29) is 0 Å². The van der Waals surface area contributed by atoms with E-state index in [2.05, 4.69) is 20.4 Å². The van der Waals surface area contributed by atoms with Crippen LogP contribution in [-0.2, 0) is 11.8 Å². The normalized spacial score (nSPS) is 30.2. The van der Waals surface area contributed by atoms with Gasteiger partial charge < -0.3 is 10.1 Å². The van der Waals surface area contributed by atoms with Gasteiger partial charge in [0.15, 0.2) is 5.65 Å².